The third kappa shape index (κ3) is 6.80. The minimum absolute atomic E-state index is 0.0658. The number of methoxy groups -OCH3 is 1. The zero-order chi connectivity index (χ0) is 31.3. The number of pyridine rings is 1. The number of benzene rings is 2. The maximum absolute atomic E-state index is 11.5. The van der Waals surface area contributed by atoms with Crippen molar-refractivity contribution in [2.45, 2.75) is 32.0 Å². The molecule has 2 aromatic carbocycles. The Labute approximate surface area is 270 Å². The number of halogens is 2. The number of aromatic nitrogens is 4. The predicted octanol–water partition coefficient (Wildman–Crippen LogP) is 4.89. The number of nitrogens with zero attached hydrogens (tertiary/aromatic N) is 4. The molecule has 1 saturated heterocycles. The molecular weight excluding hydrogens is 613 g/mol. The van der Waals surface area contributed by atoms with Crippen LogP contribution in [0.15, 0.2) is 66.9 Å². The lowest BCUT2D eigenvalue weighted by molar-refractivity contribution is -0.119. The maximum atomic E-state index is 11.5. The Hall–Kier alpha value is -4.06. The second-order valence-electron chi connectivity index (χ2n) is 10.8. The molecule has 0 spiro atoms. The number of rotatable bonds is 12. The number of carbonyl (C=O) groups is 1. The highest BCUT2D eigenvalue weighted by Crippen LogP contribution is 2.42. The highest BCUT2D eigenvalue weighted by atomic mass is 35.5. The molecule has 0 unspecified atom stereocenters. The summed E-state index contributed by atoms with van der Waals surface area (Å²) < 4.78 is 7.36. The number of aliphatic hydroxyl groups is 1. The highest BCUT2D eigenvalue weighted by molar-refractivity contribution is 6.39. The molecule has 0 saturated carbocycles. The first-order chi connectivity index (χ1) is 21.9. The lowest BCUT2D eigenvalue weighted by Gasteiger charge is -2.15. The molecule has 12 heteroatoms. The molecule has 1 amide bonds. The molecule has 0 radical (unpaired) electrons. The van der Waals surface area contributed by atoms with E-state index in [9.17, 15) is 4.79 Å². The van der Waals surface area contributed by atoms with Crippen molar-refractivity contribution in [1.82, 2.24) is 35.5 Å². The van der Waals surface area contributed by atoms with Crippen LogP contribution in [0.2, 0.25) is 10.0 Å². The van der Waals surface area contributed by atoms with E-state index in [1.807, 2.05) is 66.9 Å². The van der Waals surface area contributed by atoms with Crippen molar-refractivity contribution in [1.29, 1.82) is 0 Å². The molecule has 0 aliphatic carbocycles. The molecule has 0 bridgehead atoms. The molecule has 3 aromatic heterocycles. The van der Waals surface area contributed by atoms with Crippen molar-refractivity contribution in [3.05, 3.63) is 88.2 Å². The van der Waals surface area contributed by atoms with Crippen molar-refractivity contribution >= 4 is 34.8 Å². The fourth-order valence-corrected chi connectivity index (χ4v) is 6.12. The van der Waals surface area contributed by atoms with Gasteiger partial charge in [-0.2, -0.15) is 5.10 Å². The maximum Gasteiger partial charge on any atom is 0.220 e. The van der Waals surface area contributed by atoms with Crippen LogP contribution in [0, 0.1) is 0 Å². The third-order valence-electron chi connectivity index (χ3n) is 7.73. The van der Waals surface area contributed by atoms with Gasteiger partial charge in [0.15, 0.2) is 5.65 Å². The van der Waals surface area contributed by atoms with E-state index in [0.717, 1.165) is 45.6 Å². The highest BCUT2D eigenvalue weighted by Gasteiger charge is 2.21. The number of carbonyl (C=O) groups excluding carboxylic acids is 1. The van der Waals surface area contributed by atoms with Gasteiger partial charge >= 0.3 is 0 Å². The van der Waals surface area contributed by atoms with Crippen LogP contribution in [-0.4, -0.2) is 63.4 Å². The molecule has 1 fully saturated rings. The summed E-state index contributed by atoms with van der Waals surface area (Å²) in [5.74, 6) is 0.605. The lowest BCUT2D eigenvalue weighted by Crippen LogP contribution is -2.35. The molecule has 10 nitrogen and oxygen atoms in total. The smallest absolute Gasteiger partial charge is 0.220 e. The minimum Gasteiger partial charge on any atom is -0.481 e. The van der Waals surface area contributed by atoms with Crippen LogP contribution in [0.4, 0.5) is 0 Å². The quantitative estimate of drug-likeness (QED) is 0.141. The molecule has 4 N–H and O–H groups in total. The zero-order valence-corrected chi connectivity index (χ0v) is 26.2. The summed E-state index contributed by atoms with van der Waals surface area (Å²) in [6, 6.07) is 19.4. The Morgan fingerprint density at radius 1 is 0.933 bits per heavy atom. The molecule has 45 heavy (non-hydrogen) atoms. The van der Waals surface area contributed by atoms with Crippen LogP contribution < -0.4 is 20.7 Å². The van der Waals surface area contributed by atoms with Gasteiger partial charge < -0.3 is 25.8 Å². The van der Waals surface area contributed by atoms with Gasteiger partial charge in [-0.1, -0.05) is 65.7 Å². The number of fused-ring (bicyclic) bond motifs is 1. The van der Waals surface area contributed by atoms with E-state index >= 15 is 0 Å². The second-order valence-corrected chi connectivity index (χ2v) is 11.5. The minimum atomic E-state index is 0.0658. The first-order valence-electron chi connectivity index (χ1n) is 14.7. The zero-order valence-electron chi connectivity index (χ0n) is 24.7. The van der Waals surface area contributed by atoms with Gasteiger partial charge in [-0.3, -0.25) is 4.79 Å². The van der Waals surface area contributed by atoms with Crippen molar-refractivity contribution in [2.24, 2.45) is 0 Å². The van der Waals surface area contributed by atoms with E-state index in [1.54, 1.807) is 11.6 Å². The molecule has 1 atom stereocenters. The summed E-state index contributed by atoms with van der Waals surface area (Å²) in [7, 11) is 1.60. The predicted molar refractivity (Wildman–Crippen MR) is 175 cm³/mol. The molecule has 4 heterocycles. The van der Waals surface area contributed by atoms with E-state index < -0.39 is 0 Å². The Balaban J connectivity index is 1.25. The molecule has 1 aliphatic rings. The van der Waals surface area contributed by atoms with Crippen LogP contribution in [0.1, 0.15) is 24.1 Å². The average Bonchev–Trinajstić information content (AvgIpc) is 3.66. The standard InChI is InChI=1S/C33H33Cl2N7O3/c1-45-33-20(16-37-17-21-9-13-30(44)39-21)8-10-27(40-33)25-6-2-4-23(31(25)34)24-5-3-7-26(32(24)35)28-11-12-29-38-22(18-36-14-15-43)19-42(29)41-28/h2-8,10-12,19,21,36-37,43H,9,13-18H2,1H3,(H,39,44)/t21-/m1/s1. The fraction of sp³-hybridized carbons (Fsp3) is 0.273. The molecule has 1 aliphatic heterocycles. The van der Waals surface area contributed by atoms with E-state index in [0.29, 0.717) is 59.9 Å². The summed E-state index contributed by atoms with van der Waals surface area (Å²) in [4.78, 5) is 20.8. The van der Waals surface area contributed by atoms with Crippen LogP contribution in [-0.2, 0) is 17.9 Å². The summed E-state index contributed by atoms with van der Waals surface area (Å²) in [5.41, 5.74) is 6.88. The summed E-state index contributed by atoms with van der Waals surface area (Å²) in [5, 5.41) is 24.3. The van der Waals surface area contributed by atoms with E-state index in [2.05, 4.69) is 20.9 Å². The van der Waals surface area contributed by atoms with Crippen LogP contribution in [0.3, 0.4) is 0 Å². The average molecular weight is 647 g/mol. The molecule has 232 valence electrons. The van der Waals surface area contributed by atoms with Crippen molar-refractivity contribution in [2.75, 3.05) is 26.8 Å². The SMILES string of the molecule is COc1nc(-c2cccc(-c3cccc(-c4ccc5nc(CNCCO)cn5n4)c3Cl)c2Cl)ccc1CNC[C@H]1CCC(=O)N1. The summed E-state index contributed by atoms with van der Waals surface area (Å²) in [6.07, 6.45) is 3.27. The summed E-state index contributed by atoms with van der Waals surface area (Å²) in [6.45, 7) is 2.33. The first-order valence-corrected chi connectivity index (χ1v) is 15.5. The number of aliphatic hydroxyl groups excluding tert-OH is 1. The summed E-state index contributed by atoms with van der Waals surface area (Å²) >= 11 is 14.1. The van der Waals surface area contributed by atoms with Gasteiger partial charge in [-0.15, -0.1) is 0 Å². The van der Waals surface area contributed by atoms with Gasteiger partial charge in [0.1, 0.15) is 0 Å². The van der Waals surface area contributed by atoms with Crippen molar-refractivity contribution in [3.8, 4) is 39.5 Å². The molecule has 6 rings (SSSR count). The van der Waals surface area contributed by atoms with Gasteiger partial charge in [-0.25, -0.2) is 14.5 Å². The van der Waals surface area contributed by atoms with Crippen LogP contribution in [0.5, 0.6) is 5.88 Å². The Morgan fingerprint density at radius 2 is 1.64 bits per heavy atom. The number of amides is 1. The van der Waals surface area contributed by atoms with Gasteiger partial charge in [0, 0.05) is 66.5 Å². The lowest BCUT2D eigenvalue weighted by atomic mass is 9.98. The number of nitrogens with one attached hydrogen (secondary N) is 3. The van der Waals surface area contributed by atoms with E-state index in [1.165, 1.54) is 0 Å². The number of ether oxygens (including phenoxy) is 1. The normalized spacial score (nSPS) is 14.7. The van der Waals surface area contributed by atoms with Crippen molar-refractivity contribution in [3.63, 3.8) is 0 Å². The Bertz CT molecular complexity index is 1850. The number of hydrogen-bond acceptors (Lipinski definition) is 8. The number of hydrogen-bond donors (Lipinski definition) is 4. The third-order valence-corrected chi connectivity index (χ3v) is 8.54. The fourth-order valence-electron chi connectivity index (χ4n) is 5.47. The Morgan fingerprint density at radius 3 is 2.33 bits per heavy atom. The Kier molecular flexibility index (Phi) is 9.58. The molecule has 5 aromatic rings. The second kappa shape index (κ2) is 13.9. The van der Waals surface area contributed by atoms with Crippen LogP contribution in [0.25, 0.3) is 39.3 Å². The molecular formula is C33H33Cl2N7O3. The van der Waals surface area contributed by atoms with Crippen LogP contribution >= 0.6 is 23.2 Å². The monoisotopic (exact) mass is 645 g/mol. The van der Waals surface area contributed by atoms with Gasteiger partial charge in [0.05, 0.1) is 47.0 Å². The van der Waals surface area contributed by atoms with Gasteiger partial charge in [0.2, 0.25) is 11.8 Å². The first kappa shape index (κ1) is 30.9. The number of imidazole rings is 1. The largest absolute Gasteiger partial charge is 0.481 e. The van der Waals surface area contributed by atoms with E-state index in [-0.39, 0.29) is 18.6 Å². The van der Waals surface area contributed by atoms with Gasteiger partial charge in [-0.05, 0) is 24.6 Å². The van der Waals surface area contributed by atoms with Gasteiger partial charge in [0.25, 0.3) is 0 Å². The topological polar surface area (TPSA) is 126 Å². The van der Waals surface area contributed by atoms with Crippen molar-refractivity contribution < 1.29 is 14.6 Å². The van der Waals surface area contributed by atoms with E-state index in [4.69, 9.17) is 43.1 Å².